The molecule has 9 heteroatoms. The van der Waals surface area contributed by atoms with Gasteiger partial charge in [-0.2, -0.15) is 5.10 Å². The molecule has 1 aliphatic heterocycles. The van der Waals surface area contributed by atoms with Crippen LogP contribution >= 0.6 is 15.9 Å². The van der Waals surface area contributed by atoms with Gasteiger partial charge in [-0.1, -0.05) is 54.6 Å². The van der Waals surface area contributed by atoms with Crippen LogP contribution in [0.2, 0.25) is 0 Å². The van der Waals surface area contributed by atoms with E-state index in [2.05, 4.69) is 42.3 Å². The van der Waals surface area contributed by atoms with E-state index in [0.717, 1.165) is 65.3 Å². The molecule has 4 aromatic carbocycles. The molecule has 1 N–H and O–H groups in total. The minimum atomic E-state index is -0.276. The molecule has 5 rings (SSSR count). The predicted molar refractivity (Wildman–Crippen MR) is 173 cm³/mol. The Kier molecular flexibility index (Phi) is 10.3. The lowest BCUT2D eigenvalue weighted by atomic mass is 10.1. The van der Waals surface area contributed by atoms with Crippen LogP contribution < -0.4 is 24.5 Å². The minimum absolute atomic E-state index is 0.276. The highest BCUT2D eigenvalue weighted by Crippen LogP contribution is 2.37. The Balaban J connectivity index is 1.11. The average molecular weight is 644 g/mol. The van der Waals surface area contributed by atoms with Crippen LogP contribution in [0.5, 0.6) is 17.2 Å². The first-order valence-corrected chi connectivity index (χ1v) is 14.9. The first-order chi connectivity index (χ1) is 21.0. The van der Waals surface area contributed by atoms with Gasteiger partial charge in [-0.3, -0.25) is 9.69 Å². The van der Waals surface area contributed by atoms with Crippen molar-refractivity contribution >= 4 is 33.7 Å². The quantitative estimate of drug-likeness (QED) is 0.157. The highest BCUT2D eigenvalue weighted by molar-refractivity contribution is 9.10. The fourth-order valence-electron chi connectivity index (χ4n) is 4.97. The summed E-state index contributed by atoms with van der Waals surface area (Å²) < 4.78 is 17.8. The smallest absolute Gasteiger partial charge is 0.271 e. The van der Waals surface area contributed by atoms with Crippen molar-refractivity contribution in [3.05, 3.63) is 118 Å². The number of methoxy groups -OCH3 is 2. The monoisotopic (exact) mass is 642 g/mol. The molecular formula is C34H35BrN4O4. The van der Waals surface area contributed by atoms with E-state index >= 15 is 0 Å². The largest absolute Gasteiger partial charge is 0.495 e. The topological polar surface area (TPSA) is 75.6 Å². The lowest BCUT2D eigenvalue weighted by molar-refractivity contribution is 0.0955. The normalized spacial score (nSPS) is 13.6. The van der Waals surface area contributed by atoms with Crippen molar-refractivity contribution < 1.29 is 19.0 Å². The van der Waals surface area contributed by atoms with Gasteiger partial charge in [0.15, 0.2) is 11.5 Å². The highest BCUT2D eigenvalue weighted by Gasteiger charge is 2.20. The number of carbonyl (C=O) groups is 1. The zero-order valence-electron chi connectivity index (χ0n) is 24.3. The van der Waals surface area contributed by atoms with Crippen LogP contribution in [0.15, 0.2) is 101 Å². The van der Waals surface area contributed by atoms with Gasteiger partial charge in [-0.05, 0) is 69.0 Å². The van der Waals surface area contributed by atoms with Crippen molar-refractivity contribution in [1.82, 2.24) is 10.3 Å². The van der Waals surface area contributed by atoms with E-state index in [1.165, 1.54) is 0 Å². The number of anilines is 1. The summed E-state index contributed by atoms with van der Waals surface area (Å²) >= 11 is 3.57. The number of benzene rings is 4. The number of halogens is 1. The maximum Gasteiger partial charge on any atom is 0.271 e. The van der Waals surface area contributed by atoms with E-state index in [1.54, 1.807) is 20.4 Å². The molecule has 43 heavy (non-hydrogen) atoms. The van der Waals surface area contributed by atoms with Gasteiger partial charge in [0.25, 0.3) is 5.91 Å². The summed E-state index contributed by atoms with van der Waals surface area (Å²) in [5, 5.41) is 4.15. The van der Waals surface area contributed by atoms with Crippen LogP contribution in [0.25, 0.3) is 0 Å². The average Bonchev–Trinajstić information content (AvgIpc) is 3.05. The van der Waals surface area contributed by atoms with Crippen LogP contribution in [0.4, 0.5) is 5.69 Å². The predicted octanol–water partition coefficient (Wildman–Crippen LogP) is 6.13. The zero-order valence-corrected chi connectivity index (χ0v) is 25.9. The minimum Gasteiger partial charge on any atom is -0.495 e. The van der Waals surface area contributed by atoms with E-state index in [9.17, 15) is 4.79 Å². The second-order valence-corrected chi connectivity index (χ2v) is 11.0. The Bertz CT molecular complexity index is 1540. The second kappa shape index (κ2) is 14.7. The van der Waals surface area contributed by atoms with Crippen molar-refractivity contribution in [2.24, 2.45) is 5.10 Å². The van der Waals surface area contributed by atoms with Crippen molar-refractivity contribution in [1.29, 1.82) is 0 Å². The maximum atomic E-state index is 12.7. The van der Waals surface area contributed by atoms with Gasteiger partial charge in [0.05, 0.1) is 30.6 Å². The summed E-state index contributed by atoms with van der Waals surface area (Å²) in [6.45, 7) is 5.03. The number of hydrogen-bond donors (Lipinski definition) is 1. The van der Waals surface area contributed by atoms with Gasteiger partial charge in [0.1, 0.15) is 12.4 Å². The van der Waals surface area contributed by atoms with E-state index in [1.807, 2.05) is 84.9 Å². The lowest BCUT2D eigenvalue weighted by Crippen LogP contribution is -2.46. The zero-order chi connectivity index (χ0) is 30.0. The standard InChI is InChI=1S/C34H35BrN4O4/c1-41-31-11-7-6-10-30(31)39-18-16-38(17-19-39)23-25-12-14-28(15-13-25)34(40)37-36-22-27-20-29(35)33(32(21-27)42-2)43-24-26-8-4-3-5-9-26/h3-15,20-22H,16-19,23-24H2,1-2H3,(H,37,40)/b36-22-. The molecule has 0 aliphatic carbocycles. The fourth-order valence-corrected chi connectivity index (χ4v) is 5.55. The SMILES string of the molecule is COc1ccccc1N1CCN(Cc2ccc(C(=O)N/N=C\c3cc(Br)c(OCc4ccccc4)c(OC)c3)cc2)CC1. The molecular weight excluding hydrogens is 608 g/mol. The van der Waals surface area contributed by atoms with Gasteiger partial charge >= 0.3 is 0 Å². The van der Waals surface area contributed by atoms with Crippen molar-refractivity contribution in [2.75, 3.05) is 45.3 Å². The molecule has 1 amide bonds. The molecule has 0 spiro atoms. The van der Waals surface area contributed by atoms with Crippen LogP contribution in [0, 0.1) is 0 Å². The second-order valence-electron chi connectivity index (χ2n) is 10.1. The van der Waals surface area contributed by atoms with Gasteiger partial charge in [0.2, 0.25) is 0 Å². The summed E-state index contributed by atoms with van der Waals surface area (Å²) in [6, 6.07) is 29.4. The molecule has 8 nitrogen and oxygen atoms in total. The van der Waals surface area contributed by atoms with E-state index < -0.39 is 0 Å². The summed E-state index contributed by atoms with van der Waals surface area (Å²) in [5.41, 5.74) is 7.27. The Hall–Kier alpha value is -4.34. The van der Waals surface area contributed by atoms with Crippen LogP contribution in [0.3, 0.4) is 0 Å². The molecule has 1 saturated heterocycles. The number of nitrogens with zero attached hydrogens (tertiary/aromatic N) is 3. The number of piperazine rings is 1. The third kappa shape index (κ3) is 7.94. The number of para-hydroxylation sites is 2. The Morgan fingerprint density at radius 3 is 2.28 bits per heavy atom. The summed E-state index contributed by atoms with van der Waals surface area (Å²) in [5.74, 6) is 1.80. The first-order valence-electron chi connectivity index (χ1n) is 14.1. The fraction of sp³-hybridized carbons (Fsp3) is 0.235. The van der Waals surface area contributed by atoms with Gasteiger partial charge in [-0.15, -0.1) is 0 Å². The molecule has 0 unspecified atom stereocenters. The molecule has 4 aromatic rings. The number of rotatable bonds is 11. The molecule has 0 radical (unpaired) electrons. The third-order valence-electron chi connectivity index (χ3n) is 7.28. The van der Waals surface area contributed by atoms with Crippen LogP contribution in [-0.2, 0) is 13.2 Å². The number of amides is 1. The van der Waals surface area contributed by atoms with Gasteiger partial charge < -0.3 is 19.1 Å². The molecule has 222 valence electrons. The summed E-state index contributed by atoms with van der Waals surface area (Å²) in [6.07, 6.45) is 1.57. The number of hydrazone groups is 1. The highest BCUT2D eigenvalue weighted by atomic mass is 79.9. The Labute approximate surface area is 261 Å². The van der Waals surface area contributed by atoms with Gasteiger partial charge in [-0.25, -0.2) is 5.43 Å². The number of ether oxygens (including phenoxy) is 3. The molecule has 0 saturated carbocycles. The summed E-state index contributed by atoms with van der Waals surface area (Å²) in [7, 11) is 3.30. The van der Waals surface area contributed by atoms with Crippen LogP contribution in [0.1, 0.15) is 27.0 Å². The van der Waals surface area contributed by atoms with Crippen molar-refractivity contribution in [2.45, 2.75) is 13.2 Å². The third-order valence-corrected chi connectivity index (χ3v) is 7.87. The molecule has 0 bridgehead atoms. The lowest BCUT2D eigenvalue weighted by Gasteiger charge is -2.36. The van der Waals surface area contributed by atoms with Crippen molar-refractivity contribution in [3.8, 4) is 17.2 Å². The van der Waals surface area contributed by atoms with E-state index in [4.69, 9.17) is 14.2 Å². The molecule has 0 aromatic heterocycles. The molecule has 1 aliphatic rings. The van der Waals surface area contributed by atoms with Crippen LogP contribution in [-0.4, -0.2) is 57.4 Å². The Morgan fingerprint density at radius 2 is 1.56 bits per heavy atom. The number of hydrogen-bond acceptors (Lipinski definition) is 7. The maximum absolute atomic E-state index is 12.7. The first kappa shape index (κ1) is 30.1. The van der Waals surface area contributed by atoms with E-state index in [-0.39, 0.29) is 5.91 Å². The van der Waals surface area contributed by atoms with Crippen molar-refractivity contribution in [3.63, 3.8) is 0 Å². The van der Waals surface area contributed by atoms with E-state index in [0.29, 0.717) is 23.7 Å². The summed E-state index contributed by atoms with van der Waals surface area (Å²) in [4.78, 5) is 17.5. The van der Waals surface area contributed by atoms with Gasteiger partial charge in [0, 0.05) is 38.3 Å². The molecule has 0 atom stereocenters. The number of nitrogens with one attached hydrogen (secondary N) is 1. The Morgan fingerprint density at radius 1 is 0.860 bits per heavy atom. The molecule has 1 heterocycles. The number of carbonyl (C=O) groups excluding carboxylic acids is 1. The molecule has 1 fully saturated rings.